The van der Waals surface area contributed by atoms with Gasteiger partial charge >= 0.3 is 11.9 Å². The Balaban J connectivity index is 3.99. The first-order valence-electron chi connectivity index (χ1n) is 40.1. The maximum Gasteiger partial charge on any atom is 0.306 e. The molecule has 9 heteroatoms. The Morgan fingerprint density at radius 1 is 0.333 bits per heavy atom. The smallest absolute Gasteiger partial charge is 0.306 e. The largest absolute Gasteiger partial charge is 0.545 e. The van der Waals surface area contributed by atoms with Crippen LogP contribution in [0, 0.1) is 0 Å². The Hall–Kier alpha value is -3.27. The van der Waals surface area contributed by atoms with Gasteiger partial charge in [-0.15, -0.1) is 0 Å². The van der Waals surface area contributed by atoms with Gasteiger partial charge in [0.1, 0.15) is 13.2 Å². The molecule has 2 atom stereocenters. The van der Waals surface area contributed by atoms with Crippen molar-refractivity contribution in [1.82, 2.24) is 0 Å². The van der Waals surface area contributed by atoms with Gasteiger partial charge in [-0.3, -0.25) is 9.59 Å². The number of hydrogen-bond acceptors (Lipinski definition) is 8. The quantitative estimate of drug-likeness (QED) is 0.0195. The first-order chi connectivity index (χ1) is 45.6. The summed E-state index contributed by atoms with van der Waals surface area (Å²) in [5, 5.41) is 11.9. The van der Waals surface area contributed by atoms with Crippen molar-refractivity contribution in [1.29, 1.82) is 0 Å². The lowest BCUT2D eigenvalue weighted by Gasteiger charge is -2.26. The molecule has 0 radical (unpaired) electrons. The molecule has 0 amide bonds. The Labute approximate surface area is 577 Å². The molecule has 0 aliphatic carbocycles. The van der Waals surface area contributed by atoms with Crippen molar-refractivity contribution >= 4 is 17.9 Å². The molecule has 0 bridgehead atoms. The van der Waals surface area contributed by atoms with Gasteiger partial charge in [0.25, 0.3) is 0 Å². The van der Waals surface area contributed by atoms with E-state index in [1.54, 1.807) is 0 Å². The van der Waals surface area contributed by atoms with Crippen LogP contribution in [0.4, 0.5) is 0 Å². The summed E-state index contributed by atoms with van der Waals surface area (Å²) >= 11 is 0. The molecule has 0 aromatic rings. The molecular weight excluding hydrogens is 1150 g/mol. The van der Waals surface area contributed by atoms with Crippen LogP contribution in [0.1, 0.15) is 386 Å². The van der Waals surface area contributed by atoms with Crippen molar-refractivity contribution in [3.05, 3.63) is 72.9 Å². The minimum Gasteiger partial charge on any atom is -0.545 e. The molecule has 0 heterocycles. The zero-order valence-electron chi connectivity index (χ0n) is 62.1. The summed E-state index contributed by atoms with van der Waals surface area (Å²) in [7, 11) is 5.95. The number of carbonyl (C=O) groups is 3. The Morgan fingerprint density at radius 3 is 0.925 bits per heavy atom. The fourth-order valence-electron chi connectivity index (χ4n) is 11.9. The lowest BCUT2D eigenvalue weighted by Crippen LogP contribution is -2.44. The van der Waals surface area contributed by atoms with Gasteiger partial charge in [-0.05, 0) is 83.5 Å². The van der Waals surface area contributed by atoms with E-state index < -0.39 is 24.3 Å². The fourth-order valence-corrected chi connectivity index (χ4v) is 11.9. The zero-order chi connectivity index (χ0) is 67.5. The minimum atomic E-state index is -1.62. The number of rotatable bonds is 75. The van der Waals surface area contributed by atoms with Crippen molar-refractivity contribution in [2.45, 2.75) is 399 Å². The molecule has 0 saturated carbocycles. The summed E-state index contributed by atoms with van der Waals surface area (Å²) in [6.45, 7) is 4.70. The summed E-state index contributed by atoms with van der Waals surface area (Å²) in [6.07, 6.45) is 97.4. The number of aliphatic carboxylic acids is 1. The van der Waals surface area contributed by atoms with E-state index in [0.29, 0.717) is 23.9 Å². The topological polar surface area (TPSA) is 111 Å². The van der Waals surface area contributed by atoms with Gasteiger partial charge in [0.2, 0.25) is 0 Å². The third-order valence-corrected chi connectivity index (χ3v) is 17.9. The van der Waals surface area contributed by atoms with Crippen molar-refractivity contribution in [3.8, 4) is 0 Å². The standard InChI is InChI=1S/C84H153NO8/c1-6-8-10-12-14-16-18-20-22-24-26-28-30-32-34-36-38-40-41-43-44-46-48-50-52-54-56-58-60-62-64-66-68-70-72-74-81(86)91-78-80(79-92-84(83(88)89)90-77-76-85(3,4)5)93-82(87)75-73-71-69-67-65-63-61-59-57-55-53-51-49-47-45-42-39-37-35-33-31-29-27-25-23-21-19-17-15-13-11-9-7-2/h9,11,15,17,21,23-24,26-27,29,33,35,80,84H,6-8,10,12-14,16,18-20,22,25,28,30-32,34,36-79H2,1-5H3/b11-9-,17-15-,23-21-,26-24-,29-27-,35-33-. The zero-order valence-corrected chi connectivity index (χ0v) is 62.1. The highest BCUT2D eigenvalue weighted by Crippen LogP contribution is 2.19. The van der Waals surface area contributed by atoms with Crippen LogP contribution in [-0.2, 0) is 33.3 Å². The number of carboxylic acid groups (broad SMARTS) is 1. The number of nitrogens with zero attached hydrogens (tertiary/aromatic N) is 1. The van der Waals surface area contributed by atoms with E-state index >= 15 is 0 Å². The predicted octanol–water partition coefficient (Wildman–Crippen LogP) is 24.3. The van der Waals surface area contributed by atoms with Crippen molar-refractivity contribution in [3.63, 3.8) is 0 Å². The highest BCUT2D eigenvalue weighted by atomic mass is 16.7. The van der Waals surface area contributed by atoms with Gasteiger partial charge in [0.05, 0.1) is 40.3 Å². The Bertz CT molecular complexity index is 1760. The molecule has 0 rings (SSSR count). The number of hydrogen-bond donors (Lipinski definition) is 0. The minimum absolute atomic E-state index is 0.149. The van der Waals surface area contributed by atoms with Gasteiger partial charge in [-0.25, -0.2) is 0 Å². The molecule has 0 aliphatic heterocycles. The lowest BCUT2D eigenvalue weighted by molar-refractivity contribution is -0.870. The third kappa shape index (κ3) is 76.0. The molecule has 93 heavy (non-hydrogen) atoms. The summed E-state index contributed by atoms with van der Waals surface area (Å²) < 4.78 is 22.9. The maximum absolute atomic E-state index is 13.0. The van der Waals surface area contributed by atoms with Crippen LogP contribution in [0.3, 0.4) is 0 Å². The molecule has 0 aliphatic rings. The van der Waals surface area contributed by atoms with E-state index in [1.807, 2.05) is 21.1 Å². The molecule has 0 aromatic heterocycles. The maximum atomic E-state index is 13.0. The van der Waals surface area contributed by atoms with Crippen LogP contribution in [0.15, 0.2) is 72.9 Å². The molecule has 0 saturated heterocycles. The first kappa shape index (κ1) is 89.7. The van der Waals surface area contributed by atoms with Crippen LogP contribution in [-0.4, -0.2) is 82.3 Å². The Kier molecular flexibility index (Phi) is 71.9. The molecule has 2 unspecified atom stereocenters. The molecule has 542 valence electrons. The second-order valence-corrected chi connectivity index (χ2v) is 28.3. The van der Waals surface area contributed by atoms with Crippen LogP contribution < -0.4 is 5.11 Å². The van der Waals surface area contributed by atoms with Crippen molar-refractivity contribution in [2.75, 3.05) is 47.5 Å². The molecule has 0 N–H and O–H groups in total. The number of quaternary nitrogens is 1. The van der Waals surface area contributed by atoms with Gasteiger partial charge < -0.3 is 33.3 Å². The number of carbonyl (C=O) groups excluding carboxylic acids is 3. The summed E-state index contributed by atoms with van der Waals surface area (Å²) in [5.41, 5.74) is 0. The second-order valence-electron chi connectivity index (χ2n) is 28.3. The van der Waals surface area contributed by atoms with Crippen LogP contribution in [0.2, 0.25) is 0 Å². The Morgan fingerprint density at radius 2 is 0.613 bits per heavy atom. The highest BCUT2D eigenvalue weighted by Gasteiger charge is 2.22. The van der Waals surface area contributed by atoms with E-state index in [1.165, 1.54) is 289 Å². The van der Waals surface area contributed by atoms with Gasteiger partial charge in [-0.2, -0.15) is 0 Å². The SMILES string of the molecule is CC/C=C\C/C=C\C/C=C\C/C=C\C/C=C\CCCCCCCCCCCCCCCCCCCC(=O)OC(COC(=O)CCCCCCCCCCCCCCCCCCCCCCCCC/C=C\CCCCCCCCCC)COC(OCC[N+](C)(C)C)C(=O)[O-]. The van der Waals surface area contributed by atoms with Crippen LogP contribution >= 0.6 is 0 Å². The van der Waals surface area contributed by atoms with Crippen LogP contribution in [0.25, 0.3) is 0 Å². The molecule has 9 nitrogen and oxygen atoms in total. The summed E-state index contributed by atoms with van der Waals surface area (Å²) in [4.78, 5) is 37.6. The number of carboxylic acids is 1. The summed E-state index contributed by atoms with van der Waals surface area (Å²) in [5.74, 6) is -2.26. The predicted molar refractivity (Wildman–Crippen MR) is 398 cm³/mol. The number of allylic oxidation sites excluding steroid dienone is 12. The van der Waals surface area contributed by atoms with E-state index in [4.69, 9.17) is 18.9 Å². The van der Waals surface area contributed by atoms with E-state index in [9.17, 15) is 19.5 Å². The molecule has 0 spiro atoms. The average molecular weight is 1310 g/mol. The van der Waals surface area contributed by atoms with Gasteiger partial charge in [0.15, 0.2) is 12.4 Å². The van der Waals surface area contributed by atoms with E-state index in [0.717, 1.165) is 64.2 Å². The summed E-state index contributed by atoms with van der Waals surface area (Å²) in [6, 6.07) is 0. The van der Waals surface area contributed by atoms with E-state index in [-0.39, 0.29) is 32.2 Å². The average Bonchev–Trinajstić information content (AvgIpc) is 3.74. The number of esters is 2. The lowest BCUT2D eigenvalue weighted by atomic mass is 10.0. The molecular formula is C84H153NO8. The monoisotopic (exact) mass is 1300 g/mol. The normalized spacial score (nSPS) is 13.0. The molecule has 0 fully saturated rings. The van der Waals surface area contributed by atoms with Gasteiger partial charge in [-0.1, -0.05) is 363 Å². The van der Waals surface area contributed by atoms with Crippen molar-refractivity contribution in [2.24, 2.45) is 0 Å². The van der Waals surface area contributed by atoms with E-state index in [2.05, 4.69) is 86.8 Å². The van der Waals surface area contributed by atoms with Crippen LogP contribution in [0.5, 0.6) is 0 Å². The third-order valence-electron chi connectivity index (χ3n) is 17.9. The second kappa shape index (κ2) is 74.5. The van der Waals surface area contributed by atoms with Gasteiger partial charge in [0, 0.05) is 12.8 Å². The number of likely N-dealkylation sites (N-methyl/N-ethyl adjacent to an activating group) is 1. The number of unbranched alkanes of at least 4 members (excludes halogenated alkanes) is 48. The highest BCUT2D eigenvalue weighted by molar-refractivity contribution is 5.70. The first-order valence-corrected chi connectivity index (χ1v) is 40.1. The fraction of sp³-hybridized carbons (Fsp3) is 0.821. The van der Waals surface area contributed by atoms with Crippen molar-refractivity contribution < 1.29 is 42.9 Å². The molecule has 0 aromatic carbocycles. The number of ether oxygens (including phenoxy) is 4.